The van der Waals surface area contributed by atoms with Gasteiger partial charge in [-0.05, 0) is 37.8 Å². The Labute approximate surface area is 60.1 Å². The van der Waals surface area contributed by atoms with Crippen molar-refractivity contribution < 1.29 is 0 Å². The second-order valence-corrected chi connectivity index (χ2v) is 2.98. The van der Waals surface area contributed by atoms with E-state index in [2.05, 4.69) is 4.40 Å². The molecule has 52 valence electrons. The van der Waals surface area contributed by atoms with Gasteiger partial charge in [-0.15, -0.1) is 0 Å². The molecule has 0 aromatic heterocycles. The van der Waals surface area contributed by atoms with Crippen LogP contribution >= 0.6 is 11.9 Å². The number of hydrogen-bond acceptors (Lipinski definition) is 3. The molecule has 2 N–H and O–H groups in total. The van der Waals surface area contributed by atoms with E-state index in [1.807, 2.05) is 0 Å². The first-order valence-corrected chi connectivity index (χ1v) is 4.25. The Bertz CT molecular complexity index is 112. The maximum atomic E-state index is 5.37. The largest absolute Gasteiger partial charge is 0.330 e. The molecule has 0 saturated heterocycles. The van der Waals surface area contributed by atoms with E-state index in [-0.39, 0.29) is 0 Å². The first-order chi connectivity index (χ1) is 4.43. The Balaban J connectivity index is 2.28. The number of nitrogens with zero attached hydrogens (tertiary/aromatic N) is 1. The van der Waals surface area contributed by atoms with Gasteiger partial charge in [-0.1, -0.05) is 0 Å². The lowest BCUT2D eigenvalue weighted by Gasteiger charge is -2.08. The van der Waals surface area contributed by atoms with Gasteiger partial charge < -0.3 is 5.73 Å². The lowest BCUT2D eigenvalue weighted by Crippen LogP contribution is -2.09. The molecule has 0 atom stereocenters. The maximum Gasteiger partial charge on any atom is 0.0275 e. The van der Waals surface area contributed by atoms with Crippen molar-refractivity contribution in [3.8, 4) is 0 Å². The predicted octanol–water partition coefficient (Wildman–Crippen LogP) is 1.22. The molecule has 0 aromatic carbocycles. The van der Waals surface area contributed by atoms with Crippen molar-refractivity contribution in [1.29, 1.82) is 0 Å². The highest BCUT2D eigenvalue weighted by molar-refractivity contribution is 7.98. The maximum absolute atomic E-state index is 5.37. The molecule has 3 heteroatoms. The third-order valence-corrected chi connectivity index (χ3v) is 2.19. The molecule has 0 aromatic rings. The van der Waals surface area contributed by atoms with Gasteiger partial charge in [-0.3, -0.25) is 0 Å². The molecule has 1 heterocycles. The summed E-state index contributed by atoms with van der Waals surface area (Å²) in [6.45, 7) is 0.749. The normalized spacial score (nSPS) is 19.4. The number of hydrogen-bond donors (Lipinski definition) is 1. The van der Waals surface area contributed by atoms with Crippen molar-refractivity contribution >= 4 is 17.7 Å². The Hall–Kier alpha value is -0.0200. The summed E-state index contributed by atoms with van der Waals surface area (Å²) in [6.07, 6.45) is 3.45. The zero-order valence-corrected chi connectivity index (χ0v) is 6.28. The molecule has 0 bridgehead atoms. The van der Waals surface area contributed by atoms with Gasteiger partial charge in [0, 0.05) is 11.5 Å². The predicted molar refractivity (Wildman–Crippen MR) is 42.8 cm³/mol. The Morgan fingerprint density at radius 2 is 2.56 bits per heavy atom. The summed E-state index contributed by atoms with van der Waals surface area (Å²) < 4.78 is 4.27. The summed E-state index contributed by atoms with van der Waals surface area (Å²) in [7, 11) is 0. The fourth-order valence-electron chi connectivity index (χ4n) is 0.861. The van der Waals surface area contributed by atoms with Crippen molar-refractivity contribution in [3.63, 3.8) is 0 Å². The average Bonchev–Trinajstić information content (AvgIpc) is 1.91. The minimum absolute atomic E-state index is 0.749. The van der Waals surface area contributed by atoms with Crippen molar-refractivity contribution in [3.05, 3.63) is 0 Å². The van der Waals surface area contributed by atoms with Crippen molar-refractivity contribution in [2.24, 2.45) is 10.1 Å². The van der Waals surface area contributed by atoms with Gasteiger partial charge in [-0.25, -0.2) is 4.40 Å². The van der Waals surface area contributed by atoms with Gasteiger partial charge in [0.1, 0.15) is 0 Å². The van der Waals surface area contributed by atoms with Gasteiger partial charge in [0.05, 0.1) is 0 Å². The fourth-order valence-corrected chi connectivity index (χ4v) is 1.59. The molecule has 0 unspecified atom stereocenters. The van der Waals surface area contributed by atoms with Crippen LogP contribution < -0.4 is 5.73 Å². The van der Waals surface area contributed by atoms with Crippen LogP contribution in [0.4, 0.5) is 0 Å². The molecule has 0 amide bonds. The molecule has 0 aliphatic carbocycles. The summed E-state index contributed by atoms with van der Waals surface area (Å²) in [4.78, 5) is 0. The van der Waals surface area contributed by atoms with Gasteiger partial charge in [0.2, 0.25) is 0 Å². The lowest BCUT2D eigenvalue weighted by molar-refractivity contribution is 0.937. The van der Waals surface area contributed by atoms with Crippen LogP contribution in [0.3, 0.4) is 0 Å². The summed E-state index contributed by atoms with van der Waals surface area (Å²) in [5, 5.41) is 0. The molecule has 0 radical (unpaired) electrons. The van der Waals surface area contributed by atoms with Crippen LogP contribution in [0.5, 0.6) is 0 Å². The third kappa shape index (κ3) is 2.37. The molecule has 1 aliphatic rings. The van der Waals surface area contributed by atoms with E-state index in [0.717, 1.165) is 13.0 Å². The van der Waals surface area contributed by atoms with Crippen LogP contribution in [0.15, 0.2) is 4.40 Å². The second-order valence-electron chi connectivity index (χ2n) is 2.13. The van der Waals surface area contributed by atoms with Gasteiger partial charge in [-0.2, -0.15) is 0 Å². The average molecular weight is 144 g/mol. The molecule has 0 saturated carbocycles. The first-order valence-electron chi connectivity index (χ1n) is 3.31. The molecular weight excluding hydrogens is 132 g/mol. The standard InChI is InChI=1S/C6H12N2S/c7-4-3-6-2-1-5-9-8-6/h1-5,7H2. The number of rotatable bonds is 2. The van der Waals surface area contributed by atoms with E-state index in [4.69, 9.17) is 5.73 Å². The van der Waals surface area contributed by atoms with E-state index in [1.165, 1.54) is 24.3 Å². The lowest BCUT2D eigenvalue weighted by atomic mass is 10.2. The third-order valence-electron chi connectivity index (χ3n) is 1.33. The molecule has 0 spiro atoms. The quantitative estimate of drug-likeness (QED) is 0.592. The summed E-state index contributed by atoms with van der Waals surface area (Å²) in [6, 6.07) is 0. The molecule has 1 rings (SSSR count). The molecule has 9 heavy (non-hydrogen) atoms. The summed E-state index contributed by atoms with van der Waals surface area (Å²) in [5.74, 6) is 1.19. The Morgan fingerprint density at radius 1 is 1.67 bits per heavy atom. The van der Waals surface area contributed by atoms with Crippen LogP contribution in [0.1, 0.15) is 19.3 Å². The van der Waals surface area contributed by atoms with Crippen LogP contribution in [-0.2, 0) is 0 Å². The Morgan fingerprint density at radius 3 is 3.11 bits per heavy atom. The van der Waals surface area contributed by atoms with E-state index in [1.54, 1.807) is 11.9 Å². The highest BCUT2D eigenvalue weighted by Crippen LogP contribution is 2.15. The van der Waals surface area contributed by atoms with E-state index in [0.29, 0.717) is 0 Å². The second kappa shape index (κ2) is 3.90. The summed E-state index contributed by atoms with van der Waals surface area (Å²) in [5.41, 5.74) is 6.67. The van der Waals surface area contributed by atoms with E-state index in [9.17, 15) is 0 Å². The van der Waals surface area contributed by atoms with E-state index < -0.39 is 0 Å². The zero-order valence-electron chi connectivity index (χ0n) is 5.47. The van der Waals surface area contributed by atoms with Gasteiger partial charge in [0.15, 0.2) is 0 Å². The topological polar surface area (TPSA) is 38.4 Å². The molecule has 1 aliphatic heterocycles. The van der Waals surface area contributed by atoms with Crippen LogP contribution in [0, 0.1) is 0 Å². The van der Waals surface area contributed by atoms with Crippen LogP contribution in [0.2, 0.25) is 0 Å². The van der Waals surface area contributed by atoms with Crippen LogP contribution in [0.25, 0.3) is 0 Å². The van der Waals surface area contributed by atoms with Gasteiger partial charge >= 0.3 is 0 Å². The molecule has 2 nitrogen and oxygen atoms in total. The van der Waals surface area contributed by atoms with Gasteiger partial charge in [0.25, 0.3) is 0 Å². The summed E-state index contributed by atoms with van der Waals surface area (Å²) >= 11 is 1.68. The van der Waals surface area contributed by atoms with Crippen molar-refractivity contribution in [2.75, 3.05) is 12.3 Å². The minimum Gasteiger partial charge on any atom is -0.330 e. The Kier molecular flexibility index (Phi) is 3.08. The fraction of sp³-hybridized carbons (Fsp3) is 0.833. The highest BCUT2D eigenvalue weighted by atomic mass is 32.2. The molecular formula is C6H12N2S. The zero-order chi connectivity index (χ0) is 6.53. The SMILES string of the molecule is NCCC1=NSCCC1. The molecule has 0 fully saturated rings. The monoisotopic (exact) mass is 144 g/mol. The number of nitrogens with two attached hydrogens (primary N) is 1. The van der Waals surface area contributed by atoms with Crippen molar-refractivity contribution in [1.82, 2.24) is 0 Å². The van der Waals surface area contributed by atoms with E-state index >= 15 is 0 Å². The first kappa shape index (κ1) is 7.09. The minimum atomic E-state index is 0.749. The smallest absolute Gasteiger partial charge is 0.0275 e. The highest BCUT2D eigenvalue weighted by Gasteiger charge is 2.03. The van der Waals surface area contributed by atoms with Crippen LogP contribution in [-0.4, -0.2) is 18.0 Å². The van der Waals surface area contributed by atoms with Crippen molar-refractivity contribution in [2.45, 2.75) is 19.3 Å².